The molecule has 1 aliphatic heterocycles. The van der Waals surface area contributed by atoms with E-state index in [0.29, 0.717) is 23.9 Å². The van der Waals surface area contributed by atoms with Crippen LogP contribution in [0.5, 0.6) is 0 Å². The Morgan fingerprint density at radius 1 is 1.13 bits per heavy atom. The summed E-state index contributed by atoms with van der Waals surface area (Å²) in [6.45, 7) is 16.0. The zero-order valence-electron chi connectivity index (χ0n) is 16.1. The van der Waals surface area contributed by atoms with Gasteiger partial charge >= 0.3 is 0 Å². The number of ether oxygens (including phenoxy) is 1. The van der Waals surface area contributed by atoms with Gasteiger partial charge in [0.1, 0.15) is 0 Å². The summed E-state index contributed by atoms with van der Waals surface area (Å²) in [5, 5.41) is 7.05. The van der Waals surface area contributed by atoms with E-state index < -0.39 is 0 Å². The number of aliphatic imine (C=N–C) groups is 1. The molecule has 2 atom stereocenters. The number of hydrogen-bond donors (Lipinski definition) is 2. The maximum atomic E-state index is 5.52. The van der Waals surface area contributed by atoms with Crippen molar-refractivity contribution in [3.8, 4) is 0 Å². The van der Waals surface area contributed by atoms with Crippen LogP contribution in [-0.4, -0.2) is 62.8 Å². The second-order valence-electron chi connectivity index (χ2n) is 6.92. The summed E-state index contributed by atoms with van der Waals surface area (Å²) in [6, 6.07) is 0.956. The maximum Gasteiger partial charge on any atom is 0.191 e. The Labute approximate surface area is 143 Å². The van der Waals surface area contributed by atoms with Crippen LogP contribution in [0.2, 0.25) is 0 Å². The first-order chi connectivity index (χ1) is 11.0. The maximum absolute atomic E-state index is 5.52. The highest BCUT2D eigenvalue weighted by molar-refractivity contribution is 5.79. The van der Waals surface area contributed by atoms with Gasteiger partial charge in [-0.1, -0.05) is 40.5 Å². The lowest BCUT2D eigenvalue weighted by molar-refractivity contribution is 0.00271. The topological polar surface area (TPSA) is 48.9 Å². The van der Waals surface area contributed by atoms with Crippen LogP contribution in [-0.2, 0) is 4.74 Å². The van der Waals surface area contributed by atoms with E-state index in [-0.39, 0.29) is 0 Å². The van der Waals surface area contributed by atoms with Gasteiger partial charge in [-0.25, -0.2) is 0 Å². The van der Waals surface area contributed by atoms with Crippen molar-refractivity contribution in [1.29, 1.82) is 0 Å². The second-order valence-corrected chi connectivity index (χ2v) is 6.92. The molecule has 1 aliphatic rings. The summed E-state index contributed by atoms with van der Waals surface area (Å²) in [4.78, 5) is 6.98. The van der Waals surface area contributed by atoms with E-state index in [4.69, 9.17) is 4.74 Å². The molecule has 0 aromatic carbocycles. The van der Waals surface area contributed by atoms with Crippen molar-refractivity contribution in [3.05, 3.63) is 0 Å². The van der Waals surface area contributed by atoms with Crippen LogP contribution >= 0.6 is 0 Å². The number of guanidine groups is 1. The highest BCUT2D eigenvalue weighted by Crippen LogP contribution is 2.19. The van der Waals surface area contributed by atoms with Crippen molar-refractivity contribution in [2.24, 2.45) is 16.8 Å². The SMILES string of the molecule is CCC(CC)C(CNC(=NC)NC(C)C(C)C)N1CCOCC1. The van der Waals surface area contributed by atoms with Crippen LogP contribution in [0.3, 0.4) is 0 Å². The Balaban J connectivity index is 2.64. The van der Waals surface area contributed by atoms with Gasteiger partial charge in [0.05, 0.1) is 13.2 Å². The highest BCUT2D eigenvalue weighted by atomic mass is 16.5. The normalized spacial score (nSPS) is 19.9. The lowest BCUT2D eigenvalue weighted by Crippen LogP contribution is -2.54. The van der Waals surface area contributed by atoms with E-state index in [2.05, 4.69) is 55.1 Å². The fraction of sp³-hybridized carbons (Fsp3) is 0.944. The molecule has 0 aliphatic carbocycles. The zero-order valence-corrected chi connectivity index (χ0v) is 16.1. The zero-order chi connectivity index (χ0) is 17.2. The molecule has 0 aromatic heterocycles. The minimum atomic E-state index is 0.413. The molecule has 0 saturated carbocycles. The molecule has 0 radical (unpaired) electrons. The summed E-state index contributed by atoms with van der Waals surface area (Å²) in [5.74, 6) is 2.21. The predicted octanol–water partition coefficient (Wildman–Crippen LogP) is 2.33. The number of nitrogens with zero attached hydrogens (tertiary/aromatic N) is 2. The summed E-state index contributed by atoms with van der Waals surface area (Å²) < 4.78 is 5.52. The molecule has 1 heterocycles. The van der Waals surface area contributed by atoms with Crippen molar-refractivity contribution in [3.63, 3.8) is 0 Å². The fourth-order valence-electron chi connectivity index (χ4n) is 3.11. The minimum absolute atomic E-state index is 0.413. The average molecular weight is 327 g/mol. The average Bonchev–Trinajstić information content (AvgIpc) is 2.57. The third-order valence-corrected chi connectivity index (χ3v) is 5.17. The summed E-state index contributed by atoms with van der Waals surface area (Å²) in [7, 11) is 1.85. The molecule has 1 fully saturated rings. The van der Waals surface area contributed by atoms with Crippen molar-refractivity contribution < 1.29 is 4.74 Å². The van der Waals surface area contributed by atoms with E-state index >= 15 is 0 Å². The summed E-state index contributed by atoms with van der Waals surface area (Å²) in [6.07, 6.45) is 2.43. The first kappa shape index (κ1) is 20.2. The highest BCUT2D eigenvalue weighted by Gasteiger charge is 2.27. The molecule has 5 heteroatoms. The molecule has 0 amide bonds. The quantitative estimate of drug-likeness (QED) is 0.531. The lowest BCUT2D eigenvalue weighted by atomic mass is 9.92. The Morgan fingerprint density at radius 2 is 1.74 bits per heavy atom. The Hall–Kier alpha value is -0.810. The molecular weight excluding hydrogens is 288 g/mol. The minimum Gasteiger partial charge on any atom is -0.379 e. The van der Waals surface area contributed by atoms with Crippen LogP contribution in [0.4, 0.5) is 0 Å². The Kier molecular flexibility index (Phi) is 9.56. The monoisotopic (exact) mass is 326 g/mol. The van der Waals surface area contributed by atoms with Crippen molar-refractivity contribution in [2.45, 2.75) is 59.5 Å². The third kappa shape index (κ3) is 6.68. The Bertz CT molecular complexity index is 336. The first-order valence-electron chi connectivity index (χ1n) is 9.32. The fourth-order valence-corrected chi connectivity index (χ4v) is 3.11. The standard InChI is InChI=1S/C18H38N4O/c1-7-16(8-2)17(22-9-11-23-12-10-22)13-20-18(19-6)21-15(5)14(3)4/h14-17H,7-13H2,1-6H3,(H2,19,20,21). The van der Waals surface area contributed by atoms with E-state index in [1.165, 1.54) is 12.8 Å². The van der Waals surface area contributed by atoms with Crippen molar-refractivity contribution in [1.82, 2.24) is 15.5 Å². The number of rotatable bonds is 8. The summed E-state index contributed by atoms with van der Waals surface area (Å²) >= 11 is 0. The van der Waals surface area contributed by atoms with E-state index in [9.17, 15) is 0 Å². The molecule has 23 heavy (non-hydrogen) atoms. The van der Waals surface area contributed by atoms with E-state index in [0.717, 1.165) is 38.8 Å². The Morgan fingerprint density at radius 3 is 2.22 bits per heavy atom. The molecule has 136 valence electrons. The summed E-state index contributed by atoms with van der Waals surface area (Å²) in [5.41, 5.74) is 0. The van der Waals surface area contributed by atoms with Gasteiger partial charge in [-0.3, -0.25) is 9.89 Å². The van der Waals surface area contributed by atoms with Gasteiger partial charge in [0, 0.05) is 38.8 Å². The number of nitrogens with one attached hydrogen (secondary N) is 2. The largest absolute Gasteiger partial charge is 0.379 e. The molecule has 2 unspecified atom stereocenters. The van der Waals surface area contributed by atoms with Gasteiger partial charge in [-0.05, 0) is 18.8 Å². The molecule has 0 aromatic rings. The molecule has 0 spiro atoms. The van der Waals surface area contributed by atoms with Gasteiger partial charge < -0.3 is 15.4 Å². The lowest BCUT2D eigenvalue weighted by Gasteiger charge is -2.39. The van der Waals surface area contributed by atoms with Crippen LogP contribution in [0.1, 0.15) is 47.5 Å². The van der Waals surface area contributed by atoms with Crippen molar-refractivity contribution in [2.75, 3.05) is 39.9 Å². The second kappa shape index (κ2) is 10.9. The van der Waals surface area contributed by atoms with Gasteiger partial charge in [0.25, 0.3) is 0 Å². The van der Waals surface area contributed by atoms with E-state index in [1.54, 1.807) is 0 Å². The predicted molar refractivity (Wildman–Crippen MR) is 99.0 cm³/mol. The van der Waals surface area contributed by atoms with Gasteiger partial charge in [0.2, 0.25) is 0 Å². The molecule has 0 bridgehead atoms. The van der Waals surface area contributed by atoms with Crippen LogP contribution in [0, 0.1) is 11.8 Å². The molecule has 1 rings (SSSR count). The van der Waals surface area contributed by atoms with E-state index in [1.807, 2.05) is 7.05 Å². The first-order valence-corrected chi connectivity index (χ1v) is 9.32. The number of hydrogen-bond acceptors (Lipinski definition) is 3. The third-order valence-electron chi connectivity index (χ3n) is 5.17. The number of morpholine rings is 1. The molecule has 2 N–H and O–H groups in total. The van der Waals surface area contributed by atoms with Crippen molar-refractivity contribution >= 4 is 5.96 Å². The van der Waals surface area contributed by atoms with Gasteiger partial charge in [0.15, 0.2) is 5.96 Å². The smallest absolute Gasteiger partial charge is 0.191 e. The molecule has 1 saturated heterocycles. The van der Waals surface area contributed by atoms with Crippen LogP contribution in [0.15, 0.2) is 4.99 Å². The molecule has 5 nitrogen and oxygen atoms in total. The van der Waals surface area contributed by atoms with Crippen LogP contribution in [0.25, 0.3) is 0 Å². The van der Waals surface area contributed by atoms with Gasteiger partial charge in [-0.2, -0.15) is 0 Å². The molecular formula is C18H38N4O. The van der Waals surface area contributed by atoms with Gasteiger partial charge in [-0.15, -0.1) is 0 Å². The van der Waals surface area contributed by atoms with Crippen LogP contribution < -0.4 is 10.6 Å².